The molecule has 1 aromatic carbocycles. The van der Waals surface area contributed by atoms with Gasteiger partial charge in [-0.1, -0.05) is 13.8 Å². The molecule has 0 radical (unpaired) electrons. The highest BCUT2D eigenvalue weighted by Gasteiger charge is 2.19. The smallest absolute Gasteiger partial charge is 0.120 e. The summed E-state index contributed by atoms with van der Waals surface area (Å²) in [5.41, 5.74) is 7.04. The van der Waals surface area contributed by atoms with Crippen molar-refractivity contribution in [2.45, 2.75) is 46.5 Å². The Balaban J connectivity index is 1.66. The first-order valence-corrected chi connectivity index (χ1v) is 10.8. The van der Waals surface area contributed by atoms with Crippen LogP contribution in [-0.4, -0.2) is 41.6 Å². The number of pyridine rings is 1. The number of nitrogens with one attached hydrogen (secondary N) is 1. The van der Waals surface area contributed by atoms with Crippen LogP contribution >= 0.6 is 0 Å². The SMILES string of the molecule is Cc1cc(-c2[nH]c3ccc(OCC4CCCN(C)C4)cc3c2C(C)C)cc(C)n1. The van der Waals surface area contributed by atoms with Crippen molar-refractivity contribution in [3.8, 4) is 17.0 Å². The fourth-order valence-electron chi connectivity index (χ4n) is 4.71. The summed E-state index contributed by atoms with van der Waals surface area (Å²) in [5, 5.41) is 1.26. The van der Waals surface area contributed by atoms with Crippen LogP contribution in [-0.2, 0) is 0 Å². The number of aromatic nitrogens is 2. The molecule has 0 aliphatic carbocycles. The fraction of sp³-hybridized carbons (Fsp3) is 0.480. The number of ether oxygens (including phenoxy) is 1. The molecule has 1 unspecified atom stereocenters. The molecule has 4 rings (SSSR count). The van der Waals surface area contributed by atoms with Crippen molar-refractivity contribution < 1.29 is 4.74 Å². The lowest BCUT2D eigenvalue weighted by Gasteiger charge is -2.29. The molecule has 0 amide bonds. The van der Waals surface area contributed by atoms with Gasteiger partial charge in [-0.05, 0) is 82.1 Å². The molecule has 2 aromatic heterocycles. The van der Waals surface area contributed by atoms with Crippen LogP contribution in [0.1, 0.15) is 49.6 Å². The molecule has 29 heavy (non-hydrogen) atoms. The van der Waals surface area contributed by atoms with E-state index < -0.39 is 0 Å². The molecule has 4 heteroatoms. The van der Waals surface area contributed by atoms with E-state index in [4.69, 9.17) is 4.74 Å². The molecule has 3 heterocycles. The van der Waals surface area contributed by atoms with Crippen molar-refractivity contribution in [3.05, 3.63) is 47.3 Å². The van der Waals surface area contributed by atoms with Gasteiger partial charge in [-0.25, -0.2) is 0 Å². The number of nitrogens with zero attached hydrogens (tertiary/aromatic N) is 2. The number of likely N-dealkylation sites (tertiary alicyclic amines) is 1. The highest BCUT2D eigenvalue weighted by atomic mass is 16.5. The first-order chi connectivity index (χ1) is 13.9. The Labute approximate surface area is 174 Å². The second kappa shape index (κ2) is 8.19. The quantitative estimate of drug-likeness (QED) is 0.607. The Bertz CT molecular complexity index is 984. The number of aryl methyl sites for hydroxylation is 2. The molecule has 4 nitrogen and oxygen atoms in total. The van der Waals surface area contributed by atoms with Crippen LogP contribution in [0.2, 0.25) is 0 Å². The van der Waals surface area contributed by atoms with Crippen LogP contribution in [0, 0.1) is 19.8 Å². The zero-order valence-electron chi connectivity index (χ0n) is 18.4. The van der Waals surface area contributed by atoms with E-state index in [2.05, 4.69) is 79.9 Å². The van der Waals surface area contributed by atoms with Gasteiger partial charge in [0.05, 0.1) is 12.3 Å². The molecule has 1 N–H and O–H groups in total. The average Bonchev–Trinajstić information content (AvgIpc) is 3.05. The maximum absolute atomic E-state index is 6.24. The van der Waals surface area contributed by atoms with E-state index in [1.54, 1.807) is 0 Å². The third-order valence-electron chi connectivity index (χ3n) is 5.97. The number of rotatable bonds is 5. The van der Waals surface area contributed by atoms with Crippen molar-refractivity contribution in [3.63, 3.8) is 0 Å². The summed E-state index contributed by atoms with van der Waals surface area (Å²) in [4.78, 5) is 10.6. The molecule has 0 bridgehead atoms. The monoisotopic (exact) mass is 391 g/mol. The van der Waals surface area contributed by atoms with Crippen LogP contribution < -0.4 is 4.74 Å². The van der Waals surface area contributed by atoms with Crippen LogP contribution in [0.25, 0.3) is 22.2 Å². The minimum absolute atomic E-state index is 0.412. The number of aromatic amines is 1. The molecular weight excluding hydrogens is 358 g/mol. The number of benzene rings is 1. The minimum atomic E-state index is 0.412. The van der Waals surface area contributed by atoms with Gasteiger partial charge in [-0.15, -0.1) is 0 Å². The number of hydrogen-bond donors (Lipinski definition) is 1. The zero-order valence-corrected chi connectivity index (χ0v) is 18.4. The van der Waals surface area contributed by atoms with Gasteiger partial charge in [0.2, 0.25) is 0 Å². The molecule has 1 aliphatic rings. The maximum Gasteiger partial charge on any atom is 0.120 e. The number of H-pyrrole nitrogens is 1. The van der Waals surface area contributed by atoms with Crippen LogP contribution in [0.3, 0.4) is 0 Å². The first-order valence-electron chi connectivity index (χ1n) is 10.8. The van der Waals surface area contributed by atoms with Gasteiger partial charge in [-0.2, -0.15) is 0 Å². The summed E-state index contributed by atoms with van der Waals surface area (Å²) in [6.45, 7) is 11.8. The van der Waals surface area contributed by atoms with Crippen LogP contribution in [0.5, 0.6) is 5.75 Å². The van der Waals surface area contributed by atoms with Gasteiger partial charge in [0.1, 0.15) is 5.75 Å². The predicted molar refractivity (Wildman–Crippen MR) is 121 cm³/mol. The first kappa shape index (κ1) is 20.0. The molecule has 1 saturated heterocycles. The van der Waals surface area contributed by atoms with Crippen molar-refractivity contribution >= 4 is 10.9 Å². The molecule has 0 spiro atoms. The Morgan fingerprint density at radius 1 is 1.17 bits per heavy atom. The van der Waals surface area contributed by atoms with Gasteiger partial charge in [-0.3, -0.25) is 4.98 Å². The summed E-state index contributed by atoms with van der Waals surface area (Å²) in [7, 11) is 2.21. The molecule has 3 aromatic rings. The average molecular weight is 392 g/mol. The summed E-state index contributed by atoms with van der Waals surface area (Å²) >= 11 is 0. The van der Waals surface area contributed by atoms with Crippen molar-refractivity contribution in [2.75, 3.05) is 26.7 Å². The van der Waals surface area contributed by atoms with Gasteiger partial charge in [0.25, 0.3) is 0 Å². The lowest BCUT2D eigenvalue weighted by atomic mass is 9.96. The number of fused-ring (bicyclic) bond motifs is 1. The molecule has 1 fully saturated rings. The molecule has 0 saturated carbocycles. The van der Waals surface area contributed by atoms with Gasteiger partial charge in [0, 0.05) is 40.3 Å². The predicted octanol–water partition coefficient (Wildman–Crippen LogP) is 5.69. The standard InChI is InChI=1S/C25H33N3O/c1-16(2)24-22-13-21(29-15-19-7-6-10-28(5)14-19)8-9-23(22)27-25(24)20-11-17(3)26-18(4)12-20/h8-9,11-13,16,19,27H,6-7,10,14-15H2,1-5H3. The summed E-state index contributed by atoms with van der Waals surface area (Å²) in [6.07, 6.45) is 2.53. The third kappa shape index (κ3) is 4.32. The zero-order chi connectivity index (χ0) is 20.5. The van der Waals surface area contributed by atoms with E-state index >= 15 is 0 Å². The summed E-state index contributed by atoms with van der Waals surface area (Å²) in [6, 6.07) is 10.8. The molecule has 1 aliphatic heterocycles. The van der Waals surface area contributed by atoms with Gasteiger partial charge in [0.15, 0.2) is 0 Å². The second-order valence-electron chi connectivity index (χ2n) is 9.00. The van der Waals surface area contributed by atoms with Crippen LogP contribution in [0.4, 0.5) is 0 Å². The Morgan fingerprint density at radius 3 is 2.62 bits per heavy atom. The number of piperidine rings is 1. The normalized spacial score (nSPS) is 17.9. The topological polar surface area (TPSA) is 41.1 Å². The van der Waals surface area contributed by atoms with E-state index in [9.17, 15) is 0 Å². The lowest BCUT2D eigenvalue weighted by Crippen LogP contribution is -2.34. The Kier molecular flexibility index (Phi) is 5.64. The molecule has 1 atom stereocenters. The van der Waals surface area contributed by atoms with Gasteiger partial charge >= 0.3 is 0 Å². The van der Waals surface area contributed by atoms with Crippen molar-refractivity contribution in [1.29, 1.82) is 0 Å². The van der Waals surface area contributed by atoms with Crippen LogP contribution in [0.15, 0.2) is 30.3 Å². The van der Waals surface area contributed by atoms with Crippen molar-refractivity contribution in [2.24, 2.45) is 5.92 Å². The maximum atomic E-state index is 6.24. The Morgan fingerprint density at radius 2 is 1.93 bits per heavy atom. The summed E-state index contributed by atoms with van der Waals surface area (Å²) in [5.74, 6) is 2.01. The molecule has 154 valence electrons. The van der Waals surface area contributed by atoms with Crippen molar-refractivity contribution in [1.82, 2.24) is 14.9 Å². The third-order valence-corrected chi connectivity index (χ3v) is 5.97. The second-order valence-corrected chi connectivity index (χ2v) is 9.00. The molecular formula is C25H33N3O. The lowest BCUT2D eigenvalue weighted by molar-refractivity contribution is 0.150. The van der Waals surface area contributed by atoms with E-state index in [0.29, 0.717) is 11.8 Å². The van der Waals surface area contributed by atoms with Gasteiger partial charge < -0.3 is 14.6 Å². The van der Waals surface area contributed by atoms with E-state index in [0.717, 1.165) is 30.3 Å². The largest absolute Gasteiger partial charge is 0.493 e. The van der Waals surface area contributed by atoms with E-state index in [1.807, 2.05) is 0 Å². The highest BCUT2D eigenvalue weighted by Crippen LogP contribution is 2.37. The van der Waals surface area contributed by atoms with E-state index in [-0.39, 0.29) is 0 Å². The van der Waals surface area contributed by atoms with E-state index in [1.165, 1.54) is 47.1 Å². The number of hydrogen-bond acceptors (Lipinski definition) is 3. The fourth-order valence-corrected chi connectivity index (χ4v) is 4.71. The summed E-state index contributed by atoms with van der Waals surface area (Å²) < 4.78 is 6.24. The highest BCUT2D eigenvalue weighted by molar-refractivity contribution is 5.92. The minimum Gasteiger partial charge on any atom is -0.493 e. The Hall–Kier alpha value is -2.33.